The maximum Gasteiger partial charge on any atom is 0.257 e. The zero-order valence-corrected chi connectivity index (χ0v) is 18.3. The molecule has 1 saturated heterocycles. The maximum atomic E-state index is 13.4. The van der Waals surface area contributed by atoms with Crippen LogP contribution in [0.15, 0.2) is 55.0 Å². The van der Waals surface area contributed by atoms with E-state index in [2.05, 4.69) is 36.2 Å². The van der Waals surface area contributed by atoms with E-state index in [0.29, 0.717) is 17.4 Å². The molecule has 2 aromatic heterocycles. The van der Waals surface area contributed by atoms with Crippen LogP contribution in [0, 0.1) is 24.6 Å². The summed E-state index contributed by atoms with van der Waals surface area (Å²) >= 11 is 0. The molecular formula is C25H24FN5O. The van der Waals surface area contributed by atoms with Crippen molar-refractivity contribution in [3.8, 4) is 5.69 Å². The predicted octanol–water partition coefficient (Wildman–Crippen LogP) is 3.87. The highest BCUT2D eigenvalue weighted by molar-refractivity contribution is 5.94. The molecular weight excluding hydrogens is 405 g/mol. The summed E-state index contributed by atoms with van der Waals surface area (Å²) in [7, 11) is 1.83. The second-order valence-electron chi connectivity index (χ2n) is 9.28. The molecule has 0 N–H and O–H groups in total. The smallest absolute Gasteiger partial charge is 0.257 e. The molecule has 1 aliphatic carbocycles. The van der Waals surface area contributed by atoms with Crippen molar-refractivity contribution in [2.24, 2.45) is 18.9 Å². The highest BCUT2D eigenvalue weighted by Crippen LogP contribution is 2.64. The number of benzene rings is 2. The summed E-state index contributed by atoms with van der Waals surface area (Å²) in [5.74, 6) is 0.790. The highest BCUT2D eigenvalue weighted by Gasteiger charge is 2.68. The second kappa shape index (κ2) is 6.51. The van der Waals surface area contributed by atoms with Crippen molar-refractivity contribution in [1.29, 1.82) is 0 Å². The topological polar surface area (TPSA) is 56.0 Å². The fourth-order valence-corrected chi connectivity index (χ4v) is 5.79. The van der Waals surface area contributed by atoms with E-state index in [0.717, 1.165) is 29.7 Å². The monoisotopic (exact) mass is 429 g/mol. The molecule has 1 amide bonds. The molecule has 32 heavy (non-hydrogen) atoms. The summed E-state index contributed by atoms with van der Waals surface area (Å²) in [6.07, 6.45) is 5.29. The lowest BCUT2D eigenvalue weighted by Crippen LogP contribution is -2.34. The minimum absolute atomic E-state index is 0.00584. The largest absolute Gasteiger partial charge is 0.337 e. The van der Waals surface area contributed by atoms with Gasteiger partial charge in [-0.05, 0) is 66.3 Å². The van der Waals surface area contributed by atoms with Crippen LogP contribution in [0.3, 0.4) is 0 Å². The van der Waals surface area contributed by atoms with Crippen molar-refractivity contribution in [2.45, 2.75) is 19.3 Å². The standard InChI is InChI=1S/C25H24FN5O/c1-15-8-23-17(10-28-31(23)20-6-4-19(26)5-7-20)9-21(15)25-14-30(13-22(25)16(25)2)24(32)18-11-27-29(3)12-18/h4-12,16,22H,13-14H2,1-3H3/t16-,22-,25+/m1/s1. The van der Waals surface area contributed by atoms with E-state index in [4.69, 9.17) is 0 Å². The number of nitrogens with zero attached hydrogens (tertiary/aromatic N) is 5. The molecule has 0 unspecified atom stereocenters. The summed E-state index contributed by atoms with van der Waals surface area (Å²) in [4.78, 5) is 15.0. The van der Waals surface area contributed by atoms with Gasteiger partial charge >= 0.3 is 0 Å². The Kier molecular flexibility index (Phi) is 3.91. The molecule has 1 aliphatic heterocycles. The Balaban J connectivity index is 1.36. The van der Waals surface area contributed by atoms with Gasteiger partial charge in [0.05, 0.1) is 29.2 Å². The van der Waals surface area contributed by atoms with Crippen molar-refractivity contribution in [3.05, 3.63) is 77.5 Å². The summed E-state index contributed by atoms with van der Waals surface area (Å²) in [6, 6.07) is 10.8. The molecule has 2 aromatic carbocycles. The average molecular weight is 429 g/mol. The Morgan fingerprint density at radius 3 is 2.66 bits per heavy atom. The van der Waals surface area contributed by atoms with Gasteiger partial charge in [0.1, 0.15) is 5.82 Å². The number of hydrogen-bond donors (Lipinski definition) is 0. The van der Waals surface area contributed by atoms with Crippen molar-refractivity contribution in [3.63, 3.8) is 0 Å². The number of aryl methyl sites for hydroxylation is 2. The molecule has 0 radical (unpaired) electrons. The fraction of sp³-hybridized carbons (Fsp3) is 0.320. The molecule has 2 fully saturated rings. The first-order valence-corrected chi connectivity index (χ1v) is 10.9. The molecule has 0 spiro atoms. The van der Waals surface area contributed by atoms with Crippen molar-refractivity contribution < 1.29 is 9.18 Å². The molecule has 162 valence electrons. The lowest BCUT2D eigenvalue weighted by Gasteiger charge is -2.24. The third-order valence-electron chi connectivity index (χ3n) is 7.56. The Morgan fingerprint density at radius 1 is 1.16 bits per heavy atom. The number of carbonyl (C=O) groups is 1. The maximum absolute atomic E-state index is 13.4. The van der Waals surface area contributed by atoms with E-state index in [9.17, 15) is 9.18 Å². The summed E-state index contributed by atoms with van der Waals surface area (Å²) < 4.78 is 16.9. The average Bonchev–Trinajstić information content (AvgIpc) is 3.27. The number of likely N-dealkylation sites (tertiary alicyclic amines) is 1. The molecule has 0 bridgehead atoms. The quantitative estimate of drug-likeness (QED) is 0.497. The van der Waals surface area contributed by atoms with E-state index in [1.807, 2.05) is 22.8 Å². The van der Waals surface area contributed by atoms with Gasteiger partial charge in [0.25, 0.3) is 5.91 Å². The zero-order valence-electron chi connectivity index (χ0n) is 18.3. The summed E-state index contributed by atoms with van der Waals surface area (Å²) in [5.41, 5.74) is 4.98. The number of aromatic nitrogens is 4. The molecule has 6 rings (SSSR count). The van der Waals surface area contributed by atoms with E-state index in [1.54, 1.807) is 29.2 Å². The second-order valence-corrected chi connectivity index (χ2v) is 9.28. The van der Waals surface area contributed by atoms with Crippen molar-refractivity contribution >= 4 is 16.8 Å². The lowest BCUT2D eigenvalue weighted by atomic mass is 9.88. The first-order valence-electron chi connectivity index (χ1n) is 10.9. The minimum atomic E-state index is -0.261. The SMILES string of the molecule is Cc1cc2c(cnn2-c2ccc(F)cc2)cc1[C@@]12CN(C(=O)c3cnn(C)c3)C[C@@H]1[C@H]2C. The van der Waals surface area contributed by atoms with Crippen LogP contribution in [-0.2, 0) is 12.5 Å². The molecule has 2 aliphatic rings. The van der Waals surface area contributed by atoms with Crippen LogP contribution in [0.2, 0.25) is 0 Å². The fourth-order valence-electron chi connectivity index (χ4n) is 5.79. The van der Waals surface area contributed by atoms with Gasteiger partial charge in [-0.15, -0.1) is 0 Å². The van der Waals surface area contributed by atoms with Gasteiger partial charge in [-0.1, -0.05) is 6.92 Å². The van der Waals surface area contributed by atoms with Gasteiger partial charge in [-0.3, -0.25) is 9.48 Å². The van der Waals surface area contributed by atoms with E-state index >= 15 is 0 Å². The molecule has 7 heteroatoms. The van der Waals surface area contributed by atoms with Crippen LogP contribution >= 0.6 is 0 Å². The van der Waals surface area contributed by atoms with Crippen LogP contribution in [0.4, 0.5) is 4.39 Å². The van der Waals surface area contributed by atoms with Gasteiger partial charge < -0.3 is 4.90 Å². The highest BCUT2D eigenvalue weighted by atomic mass is 19.1. The number of rotatable bonds is 3. The number of fused-ring (bicyclic) bond motifs is 2. The molecule has 1 saturated carbocycles. The van der Waals surface area contributed by atoms with Gasteiger partial charge in [-0.25, -0.2) is 9.07 Å². The van der Waals surface area contributed by atoms with Crippen LogP contribution in [0.5, 0.6) is 0 Å². The normalized spacial score (nSPS) is 24.2. The van der Waals surface area contributed by atoms with Gasteiger partial charge in [0.15, 0.2) is 0 Å². The number of carbonyl (C=O) groups excluding carboxylic acids is 1. The van der Waals surface area contributed by atoms with Crippen LogP contribution in [-0.4, -0.2) is 43.5 Å². The number of hydrogen-bond acceptors (Lipinski definition) is 3. The predicted molar refractivity (Wildman–Crippen MR) is 119 cm³/mol. The van der Waals surface area contributed by atoms with Crippen molar-refractivity contribution in [1.82, 2.24) is 24.5 Å². The van der Waals surface area contributed by atoms with Gasteiger partial charge in [-0.2, -0.15) is 10.2 Å². The zero-order chi connectivity index (χ0) is 22.2. The first-order chi connectivity index (χ1) is 15.4. The van der Waals surface area contributed by atoms with Crippen LogP contribution in [0.1, 0.15) is 28.4 Å². The third-order valence-corrected chi connectivity index (χ3v) is 7.56. The number of halogens is 1. The molecule has 3 atom stereocenters. The third kappa shape index (κ3) is 2.60. The van der Waals surface area contributed by atoms with E-state index in [1.165, 1.54) is 23.3 Å². The minimum Gasteiger partial charge on any atom is -0.337 e. The van der Waals surface area contributed by atoms with Gasteiger partial charge in [0, 0.05) is 37.1 Å². The first kappa shape index (κ1) is 19.2. The summed E-state index contributed by atoms with van der Waals surface area (Å²) in [6.45, 7) is 5.94. The number of amides is 1. The Labute approximate surface area is 185 Å². The van der Waals surface area contributed by atoms with Crippen molar-refractivity contribution in [2.75, 3.05) is 13.1 Å². The van der Waals surface area contributed by atoms with Crippen LogP contribution < -0.4 is 0 Å². The molecule has 6 nitrogen and oxygen atoms in total. The Morgan fingerprint density at radius 2 is 1.94 bits per heavy atom. The molecule has 4 aromatic rings. The number of piperidine rings is 1. The van der Waals surface area contributed by atoms with E-state index in [-0.39, 0.29) is 17.1 Å². The Bertz CT molecular complexity index is 1370. The lowest BCUT2D eigenvalue weighted by molar-refractivity contribution is 0.0765. The molecule has 3 heterocycles. The Hall–Kier alpha value is -3.48. The van der Waals surface area contributed by atoms with E-state index < -0.39 is 0 Å². The summed E-state index contributed by atoms with van der Waals surface area (Å²) in [5, 5.41) is 9.77. The van der Waals surface area contributed by atoms with Gasteiger partial charge in [0.2, 0.25) is 0 Å². The van der Waals surface area contributed by atoms with Crippen LogP contribution in [0.25, 0.3) is 16.6 Å².